The molecule has 0 bridgehead atoms. The molecule has 164 valence electrons. The van der Waals surface area contributed by atoms with Crippen LogP contribution in [0.4, 0.5) is 0 Å². The van der Waals surface area contributed by atoms with Crippen LogP contribution in [0, 0.1) is 0 Å². The predicted octanol–water partition coefficient (Wildman–Crippen LogP) is -2.60. The number of aliphatic hydroxyl groups excluding tert-OH is 7. The van der Waals surface area contributed by atoms with Gasteiger partial charge in [-0.05, 0) is 12.1 Å². The number of thioether (sulfide) groups is 1. The number of benzene rings is 1. The molecule has 2 aliphatic heterocycles. The molecule has 7 N–H and O–H groups in total. The summed E-state index contributed by atoms with van der Waals surface area (Å²) in [6.07, 6.45) is -12.9. The van der Waals surface area contributed by atoms with Crippen LogP contribution in [-0.2, 0) is 14.2 Å². The molecule has 2 saturated heterocycles. The van der Waals surface area contributed by atoms with E-state index in [1.807, 2.05) is 18.2 Å². The van der Waals surface area contributed by atoms with Gasteiger partial charge in [0.05, 0.1) is 13.2 Å². The van der Waals surface area contributed by atoms with Gasteiger partial charge in [0.1, 0.15) is 54.3 Å². The zero-order valence-corrected chi connectivity index (χ0v) is 16.2. The Bertz CT molecular complexity index is 632. The van der Waals surface area contributed by atoms with E-state index in [1.165, 1.54) is 0 Å². The molecule has 0 aliphatic carbocycles. The van der Waals surface area contributed by atoms with E-state index in [2.05, 4.69) is 0 Å². The minimum absolute atomic E-state index is 0.558. The van der Waals surface area contributed by atoms with Gasteiger partial charge in [-0.3, -0.25) is 0 Å². The Kier molecular flexibility index (Phi) is 7.87. The highest BCUT2D eigenvalue weighted by Crippen LogP contribution is 2.35. The van der Waals surface area contributed by atoms with E-state index >= 15 is 0 Å². The molecule has 2 heterocycles. The van der Waals surface area contributed by atoms with E-state index in [9.17, 15) is 35.7 Å². The maximum atomic E-state index is 10.6. The predicted molar refractivity (Wildman–Crippen MR) is 98.7 cm³/mol. The fourth-order valence-corrected chi connectivity index (χ4v) is 4.37. The minimum atomic E-state index is -1.69. The normalized spacial score (nSPS) is 43.3. The van der Waals surface area contributed by atoms with Crippen molar-refractivity contribution in [2.75, 3.05) is 13.2 Å². The molecule has 1 aromatic carbocycles. The summed E-state index contributed by atoms with van der Waals surface area (Å²) in [5.74, 6) is 0. The van der Waals surface area contributed by atoms with Crippen LogP contribution in [0.15, 0.2) is 35.2 Å². The summed E-state index contributed by atoms with van der Waals surface area (Å²) in [6.45, 7) is -1.20. The first-order valence-electron chi connectivity index (χ1n) is 9.17. The van der Waals surface area contributed by atoms with Gasteiger partial charge in [-0.1, -0.05) is 30.0 Å². The lowest BCUT2D eigenvalue weighted by molar-refractivity contribution is -0.338. The van der Waals surface area contributed by atoms with Crippen LogP contribution in [0.2, 0.25) is 0 Å². The maximum absolute atomic E-state index is 10.6. The second kappa shape index (κ2) is 9.98. The number of hydrogen-bond donors (Lipinski definition) is 7. The molecule has 0 unspecified atom stereocenters. The van der Waals surface area contributed by atoms with Crippen molar-refractivity contribution < 1.29 is 50.0 Å². The second-order valence-corrected chi connectivity index (χ2v) is 8.11. The van der Waals surface area contributed by atoms with Crippen LogP contribution in [0.3, 0.4) is 0 Å². The Morgan fingerprint density at radius 2 is 1.41 bits per heavy atom. The molecule has 0 aromatic heterocycles. The Labute approximate surface area is 171 Å². The SMILES string of the molecule is OC[C@H]1O[C@@H](O[C@H]2[C@H](O)[C@@H](O)[C@H](Sc3ccccc3)O[C@@H]2CO)[C@H](O)[C@@H](O)[C@@H]1O. The summed E-state index contributed by atoms with van der Waals surface area (Å²) in [4.78, 5) is 0.786. The molecular formula is C18H26O10S. The first-order chi connectivity index (χ1) is 13.9. The minimum Gasteiger partial charge on any atom is -0.394 e. The van der Waals surface area contributed by atoms with E-state index in [-0.39, 0.29) is 0 Å². The standard InChI is InChI=1S/C18H26O10S/c19-6-9-11(21)12(22)14(24)17(26-9)28-16-10(7-20)27-18(15(25)13(16)23)29-8-4-2-1-3-5-8/h1-5,9-25H,6-7H2/t9-,10-,11-,12+,13-,14-,15-,16-,17+,18+/m1/s1. The van der Waals surface area contributed by atoms with Crippen molar-refractivity contribution in [1.29, 1.82) is 0 Å². The first kappa shape index (κ1) is 22.8. The van der Waals surface area contributed by atoms with Gasteiger partial charge in [0.25, 0.3) is 0 Å². The summed E-state index contributed by atoms with van der Waals surface area (Å²) in [5.41, 5.74) is -0.890. The fraction of sp³-hybridized carbons (Fsp3) is 0.667. The molecule has 29 heavy (non-hydrogen) atoms. The average Bonchev–Trinajstić information content (AvgIpc) is 2.74. The molecule has 0 radical (unpaired) electrons. The van der Waals surface area contributed by atoms with Crippen LogP contribution < -0.4 is 0 Å². The van der Waals surface area contributed by atoms with Crippen LogP contribution >= 0.6 is 11.8 Å². The van der Waals surface area contributed by atoms with Gasteiger partial charge < -0.3 is 50.0 Å². The lowest BCUT2D eigenvalue weighted by atomic mass is 9.97. The molecule has 11 heteroatoms. The van der Waals surface area contributed by atoms with E-state index in [0.29, 0.717) is 0 Å². The number of rotatable bonds is 6. The Hall–Kier alpha value is -0.830. The van der Waals surface area contributed by atoms with Crippen molar-refractivity contribution in [3.05, 3.63) is 30.3 Å². The quantitative estimate of drug-likeness (QED) is 0.251. The Balaban J connectivity index is 1.71. The summed E-state index contributed by atoms with van der Waals surface area (Å²) in [6, 6.07) is 9.05. The largest absolute Gasteiger partial charge is 0.394 e. The van der Waals surface area contributed by atoms with Crippen molar-refractivity contribution in [1.82, 2.24) is 0 Å². The van der Waals surface area contributed by atoms with Crippen molar-refractivity contribution in [3.8, 4) is 0 Å². The zero-order valence-electron chi connectivity index (χ0n) is 15.3. The third kappa shape index (κ3) is 4.92. The van der Waals surface area contributed by atoms with E-state index < -0.39 is 73.8 Å². The highest BCUT2D eigenvalue weighted by molar-refractivity contribution is 7.99. The summed E-state index contributed by atoms with van der Waals surface area (Å²) < 4.78 is 16.5. The van der Waals surface area contributed by atoms with Gasteiger partial charge in [-0.2, -0.15) is 0 Å². The molecule has 0 amide bonds. The summed E-state index contributed by atoms with van der Waals surface area (Å²) in [5, 5.41) is 69.8. The maximum Gasteiger partial charge on any atom is 0.187 e. The van der Waals surface area contributed by atoms with Gasteiger partial charge in [0.15, 0.2) is 6.29 Å². The number of hydrogen-bond acceptors (Lipinski definition) is 11. The van der Waals surface area contributed by atoms with Crippen LogP contribution in [0.1, 0.15) is 0 Å². The lowest BCUT2D eigenvalue weighted by Crippen LogP contribution is -2.64. The van der Waals surface area contributed by atoms with Gasteiger partial charge in [-0.25, -0.2) is 0 Å². The molecule has 0 saturated carbocycles. The van der Waals surface area contributed by atoms with Gasteiger partial charge in [0.2, 0.25) is 0 Å². The van der Waals surface area contributed by atoms with Crippen molar-refractivity contribution in [2.45, 2.75) is 65.5 Å². The van der Waals surface area contributed by atoms with Crippen LogP contribution in [0.5, 0.6) is 0 Å². The fourth-order valence-electron chi connectivity index (χ4n) is 3.29. The average molecular weight is 434 g/mol. The molecule has 2 fully saturated rings. The molecule has 10 nitrogen and oxygen atoms in total. The molecule has 0 spiro atoms. The second-order valence-electron chi connectivity index (χ2n) is 6.94. The molecule has 10 atom stereocenters. The number of aliphatic hydroxyl groups is 7. The van der Waals surface area contributed by atoms with E-state index in [0.717, 1.165) is 16.7 Å². The van der Waals surface area contributed by atoms with Gasteiger partial charge in [0, 0.05) is 4.90 Å². The monoisotopic (exact) mass is 434 g/mol. The van der Waals surface area contributed by atoms with Gasteiger partial charge in [-0.15, -0.1) is 0 Å². The smallest absolute Gasteiger partial charge is 0.187 e. The molecule has 1 aromatic rings. The van der Waals surface area contributed by atoms with E-state index in [1.54, 1.807) is 12.1 Å². The first-order valence-corrected chi connectivity index (χ1v) is 10.1. The van der Waals surface area contributed by atoms with Crippen molar-refractivity contribution >= 4 is 11.8 Å². The Morgan fingerprint density at radius 1 is 0.759 bits per heavy atom. The summed E-state index contributed by atoms with van der Waals surface area (Å²) >= 11 is 1.16. The highest BCUT2D eigenvalue weighted by atomic mass is 32.2. The Morgan fingerprint density at radius 3 is 2.03 bits per heavy atom. The lowest BCUT2D eigenvalue weighted by Gasteiger charge is -2.46. The van der Waals surface area contributed by atoms with Crippen LogP contribution in [-0.4, -0.2) is 110 Å². The molecular weight excluding hydrogens is 408 g/mol. The molecule has 2 aliphatic rings. The van der Waals surface area contributed by atoms with Crippen molar-refractivity contribution in [3.63, 3.8) is 0 Å². The molecule has 3 rings (SSSR count). The number of ether oxygens (including phenoxy) is 3. The zero-order chi connectivity index (χ0) is 21.1. The topological polar surface area (TPSA) is 169 Å². The van der Waals surface area contributed by atoms with Crippen LogP contribution in [0.25, 0.3) is 0 Å². The van der Waals surface area contributed by atoms with Gasteiger partial charge >= 0.3 is 0 Å². The third-order valence-corrected chi connectivity index (χ3v) is 6.12. The summed E-state index contributed by atoms with van der Waals surface area (Å²) in [7, 11) is 0. The van der Waals surface area contributed by atoms with Crippen molar-refractivity contribution in [2.24, 2.45) is 0 Å². The highest BCUT2D eigenvalue weighted by Gasteiger charge is 2.50. The van der Waals surface area contributed by atoms with E-state index in [4.69, 9.17) is 14.2 Å². The third-order valence-electron chi connectivity index (χ3n) is 4.96.